The zero-order valence-electron chi connectivity index (χ0n) is 11.5. The fraction of sp³-hybridized carbons (Fsp3) is 0.786. The second-order valence-corrected chi connectivity index (χ2v) is 8.89. The van der Waals surface area contributed by atoms with Crippen LogP contribution in [0.15, 0.2) is 17.6 Å². The summed E-state index contributed by atoms with van der Waals surface area (Å²) in [5.74, 6) is 2.54. The van der Waals surface area contributed by atoms with E-state index in [4.69, 9.17) is 0 Å². The zero-order chi connectivity index (χ0) is 13.8. The van der Waals surface area contributed by atoms with Crippen molar-refractivity contribution in [3.8, 4) is 0 Å². The van der Waals surface area contributed by atoms with E-state index in [1.165, 1.54) is 51.0 Å². The number of imidazole rings is 1. The first kappa shape index (κ1) is 12.8. The lowest BCUT2D eigenvalue weighted by molar-refractivity contribution is -0.0487. The second-order valence-electron chi connectivity index (χ2n) is 7.16. The molecular weight excluding hydrogens is 274 g/mol. The molecule has 4 aliphatic rings. The summed E-state index contributed by atoms with van der Waals surface area (Å²) in [6.45, 7) is 0.595. The van der Waals surface area contributed by atoms with Crippen LogP contribution in [0.5, 0.6) is 0 Å². The van der Waals surface area contributed by atoms with Gasteiger partial charge >= 0.3 is 0 Å². The van der Waals surface area contributed by atoms with Crippen LogP contribution in [-0.2, 0) is 10.0 Å². The number of rotatable bonds is 4. The number of nitrogens with one attached hydrogen (secondary N) is 2. The first-order valence-electron chi connectivity index (χ1n) is 7.53. The lowest BCUT2D eigenvalue weighted by Crippen LogP contribution is -2.51. The maximum absolute atomic E-state index is 12.2. The first-order chi connectivity index (χ1) is 9.55. The minimum absolute atomic E-state index is 0.169. The summed E-state index contributed by atoms with van der Waals surface area (Å²) in [5, 5.41) is 0.169. The molecular formula is C14H21N3O2S. The van der Waals surface area contributed by atoms with Crippen molar-refractivity contribution in [2.45, 2.75) is 43.6 Å². The Morgan fingerprint density at radius 1 is 1.20 bits per heavy atom. The average molecular weight is 295 g/mol. The molecule has 4 aliphatic carbocycles. The largest absolute Gasteiger partial charge is 0.335 e. The maximum Gasteiger partial charge on any atom is 0.257 e. The molecule has 1 aromatic heterocycles. The average Bonchev–Trinajstić information content (AvgIpc) is 2.90. The van der Waals surface area contributed by atoms with Crippen molar-refractivity contribution in [1.29, 1.82) is 0 Å². The fourth-order valence-electron chi connectivity index (χ4n) is 5.22. The highest BCUT2D eigenvalue weighted by Crippen LogP contribution is 2.59. The minimum Gasteiger partial charge on any atom is -0.335 e. The van der Waals surface area contributed by atoms with Crippen molar-refractivity contribution in [2.75, 3.05) is 6.54 Å². The molecule has 0 atom stereocenters. The quantitative estimate of drug-likeness (QED) is 0.891. The molecule has 0 unspecified atom stereocenters. The molecule has 4 saturated carbocycles. The fourth-order valence-corrected chi connectivity index (χ4v) is 6.28. The summed E-state index contributed by atoms with van der Waals surface area (Å²) in [7, 11) is -3.43. The van der Waals surface area contributed by atoms with Crippen molar-refractivity contribution in [2.24, 2.45) is 23.2 Å². The molecule has 5 rings (SSSR count). The summed E-state index contributed by atoms with van der Waals surface area (Å²) in [5.41, 5.74) is 0.224. The van der Waals surface area contributed by atoms with E-state index in [2.05, 4.69) is 14.7 Å². The molecule has 0 aliphatic heterocycles. The van der Waals surface area contributed by atoms with E-state index < -0.39 is 10.0 Å². The molecule has 4 fully saturated rings. The van der Waals surface area contributed by atoms with Gasteiger partial charge in [-0.3, -0.25) is 0 Å². The van der Waals surface area contributed by atoms with Gasteiger partial charge in [0.05, 0.1) is 12.5 Å². The molecule has 0 saturated heterocycles. The van der Waals surface area contributed by atoms with Gasteiger partial charge in [0.2, 0.25) is 0 Å². The first-order valence-corrected chi connectivity index (χ1v) is 9.01. The van der Waals surface area contributed by atoms with Gasteiger partial charge in [-0.15, -0.1) is 0 Å². The van der Waals surface area contributed by atoms with Gasteiger partial charge in [0.15, 0.2) is 5.03 Å². The van der Waals surface area contributed by atoms with Crippen molar-refractivity contribution >= 4 is 10.0 Å². The summed E-state index contributed by atoms with van der Waals surface area (Å²) in [6.07, 6.45) is 10.5. The molecule has 1 heterocycles. The van der Waals surface area contributed by atoms with Crippen molar-refractivity contribution in [3.63, 3.8) is 0 Å². The van der Waals surface area contributed by atoms with E-state index >= 15 is 0 Å². The predicted octanol–water partition coefficient (Wildman–Crippen LogP) is 1.90. The van der Waals surface area contributed by atoms with Crippen LogP contribution in [0.3, 0.4) is 0 Å². The van der Waals surface area contributed by atoms with Gasteiger partial charge in [-0.05, 0) is 61.7 Å². The molecule has 0 spiro atoms. The van der Waals surface area contributed by atoms with Gasteiger partial charge in [-0.2, -0.15) is 0 Å². The molecule has 2 N–H and O–H groups in total. The van der Waals surface area contributed by atoms with E-state index in [-0.39, 0.29) is 10.4 Å². The van der Waals surface area contributed by atoms with Gasteiger partial charge in [-0.1, -0.05) is 0 Å². The number of hydrogen-bond donors (Lipinski definition) is 2. The number of hydrogen-bond acceptors (Lipinski definition) is 3. The van der Waals surface area contributed by atoms with Gasteiger partial charge in [0.25, 0.3) is 10.0 Å². The third kappa shape index (κ3) is 2.09. The van der Waals surface area contributed by atoms with Crippen molar-refractivity contribution in [1.82, 2.24) is 14.7 Å². The Bertz CT molecular complexity index is 559. The lowest BCUT2D eigenvalue weighted by atomic mass is 9.50. The molecule has 20 heavy (non-hydrogen) atoms. The van der Waals surface area contributed by atoms with Gasteiger partial charge < -0.3 is 4.98 Å². The Morgan fingerprint density at radius 3 is 2.30 bits per heavy atom. The Balaban J connectivity index is 1.50. The topological polar surface area (TPSA) is 74.8 Å². The molecule has 5 nitrogen and oxygen atoms in total. The molecule has 6 heteroatoms. The Labute approximate surface area is 119 Å². The van der Waals surface area contributed by atoms with E-state index in [1.54, 1.807) is 0 Å². The monoisotopic (exact) mass is 295 g/mol. The zero-order valence-corrected chi connectivity index (χ0v) is 12.3. The second kappa shape index (κ2) is 4.31. The van der Waals surface area contributed by atoms with E-state index in [0.717, 1.165) is 17.8 Å². The number of H-pyrrole nitrogens is 1. The third-order valence-electron chi connectivity index (χ3n) is 5.56. The Morgan fingerprint density at radius 2 is 1.80 bits per heavy atom. The van der Waals surface area contributed by atoms with Crippen LogP contribution >= 0.6 is 0 Å². The third-order valence-corrected chi connectivity index (χ3v) is 6.89. The summed E-state index contributed by atoms with van der Waals surface area (Å²) >= 11 is 0. The van der Waals surface area contributed by atoms with Crippen LogP contribution < -0.4 is 4.72 Å². The van der Waals surface area contributed by atoms with Gasteiger partial charge in [0.1, 0.15) is 0 Å². The minimum atomic E-state index is -3.43. The van der Waals surface area contributed by atoms with E-state index in [0.29, 0.717) is 6.54 Å². The molecule has 1 aromatic rings. The van der Waals surface area contributed by atoms with Crippen LogP contribution in [0.4, 0.5) is 0 Å². The van der Waals surface area contributed by atoms with Crippen LogP contribution in [0, 0.1) is 23.2 Å². The molecule has 0 amide bonds. The highest BCUT2D eigenvalue weighted by Gasteiger charge is 2.50. The normalized spacial score (nSPS) is 39.3. The highest BCUT2D eigenvalue weighted by atomic mass is 32.2. The SMILES string of the molecule is O=S(=O)(NCC12CC3CC(CC(C3)C1)C2)c1cnc[nH]1. The highest BCUT2D eigenvalue weighted by molar-refractivity contribution is 7.89. The Kier molecular flexibility index (Phi) is 2.76. The Hall–Kier alpha value is -0.880. The van der Waals surface area contributed by atoms with Crippen molar-refractivity contribution < 1.29 is 8.42 Å². The number of sulfonamides is 1. The number of aromatic amines is 1. The molecule has 0 aromatic carbocycles. The maximum atomic E-state index is 12.2. The summed E-state index contributed by atoms with van der Waals surface area (Å²) < 4.78 is 27.2. The van der Waals surface area contributed by atoms with Gasteiger partial charge in [0, 0.05) is 6.54 Å². The van der Waals surface area contributed by atoms with Gasteiger partial charge in [-0.25, -0.2) is 18.1 Å². The van der Waals surface area contributed by atoms with E-state index in [1.807, 2.05) is 0 Å². The predicted molar refractivity (Wildman–Crippen MR) is 74.4 cm³/mol. The van der Waals surface area contributed by atoms with Crippen LogP contribution in [0.2, 0.25) is 0 Å². The number of nitrogens with zero attached hydrogens (tertiary/aromatic N) is 1. The summed E-state index contributed by atoms with van der Waals surface area (Å²) in [4.78, 5) is 6.46. The summed E-state index contributed by atoms with van der Waals surface area (Å²) in [6, 6.07) is 0. The van der Waals surface area contributed by atoms with Crippen LogP contribution in [0.25, 0.3) is 0 Å². The van der Waals surface area contributed by atoms with E-state index in [9.17, 15) is 8.42 Å². The van der Waals surface area contributed by atoms with Crippen LogP contribution in [0.1, 0.15) is 38.5 Å². The molecule has 110 valence electrons. The number of aromatic nitrogens is 2. The smallest absolute Gasteiger partial charge is 0.257 e. The van der Waals surface area contributed by atoms with Crippen LogP contribution in [-0.4, -0.2) is 24.9 Å². The lowest BCUT2D eigenvalue weighted by Gasteiger charge is -2.56. The standard InChI is InChI=1S/C14H21N3O2S/c18-20(19,13-7-15-9-16-13)17-8-14-4-10-1-11(5-14)3-12(2-10)6-14/h7,9-12,17H,1-6,8H2,(H,15,16). The molecule has 0 radical (unpaired) electrons. The van der Waals surface area contributed by atoms with Crippen molar-refractivity contribution in [3.05, 3.63) is 12.5 Å². The molecule has 4 bridgehead atoms.